The highest BCUT2D eigenvalue weighted by molar-refractivity contribution is 9.10. The van der Waals surface area contributed by atoms with Gasteiger partial charge in [-0.2, -0.15) is 0 Å². The molecular formula is C14H18BrFN2O2. The van der Waals surface area contributed by atoms with E-state index >= 15 is 0 Å². The Kier molecular flexibility index (Phi) is 6.13. The standard InChI is InChI=1S/C14H18BrFN2O2/c1-8(2)6-12(14(20)17-3)18-13(19)9-4-5-11(16)10(15)7-9/h4-5,7-8,12H,6H2,1-3H3,(H,17,20)(H,18,19). The van der Waals surface area contributed by atoms with Gasteiger partial charge in [0.25, 0.3) is 5.91 Å². The number of hydrogen-bond donors (Lipinski definition) is 2. The van der Waals surface area contributed by atoms with Crippen molar-refractivity contribution in [3.05, 3.63) is 34.1 Å². The van der Waals surface area contributed by atoms with Crippen LogP contribution in [-0.2, 0) is 4.79 Å². The van der Waals surface area contributed by atoms with Crippen LogP contribution in [0.3, 0.4) is 0 Å². The molecule has 0 aliphatic carbocycles. The molecule has 20 heavy (non-hydrogen) atoms. The lowest BCUT2D eigenvalue weighted by Crippen LogP contribution is -2.46. The molecule has 0 saturated heterocycles. The highest BCUT2D eigenvalue weighted by Gasteiger charge is 2.21. The van der Waals surface area contributed by atoms with E-state index in [9.17, 15) is 14.0 Å². The van der Waals surface area contributed by atoms with Crippen LogP contribution in [0.25, 0.3) is 0 Å². The number of amides is 2. The van der Waals surface area contributed by atoms with Gasteiger partial charge in [-0.1, -0.05) is 13.8 Å². The minimum absolute atomic E-state index is 0.213. The molecule has 0 spiro atoms. The summed E-state index contributed by atoms with van der Waals surface area (Å²) in [6, 6.07) is 3.37. The van der Waals surface area contributed by atoms with E-state index in [-0.39, 0.29) is 16.3 Å². The summed E-state index contributed by atoms with van der Waals surface area (Å²) in [5.74, 6) is -0.822. The van der Waals surface area contributed by atoms with Crippen molar-refractivity contribution in [1.82, 2.24) is 10.6 Å². The van der Waals surface area contributed by atoms with Crippen molar-refractivity contribution in [1.29, 1.82) is 0 Å². The van der Waals surface area contributed by atoms with Crippen molar-refractivity contribution in [3.8, 4) is 0 Å². The lowest BCUT2D eigenvalue weighted by atomic mass is 10.0. The van der Waals surface area contributed by atoms with Crippen LogP contribution in [0.2, 0.25) is 0 Å². The zero-order valence-electron chi connectivity index (χ0n) is 11.7. The summed E-state index contributed by atoms with van der Waals surface area (Å²) >= 11 is 3.03. The molecule has 6 heteroatoms. The van der Waals surface area contributed by atoms with Crippen molar-refractivity contribution in [2.24, 2.45) is 5.92 Å². The number of benzene rings is 1. The largest absolute Gasteiger partial charge is 0.357 e. The van der Waals surface area contributed by atoms with Crippen LogP contribution in [0, 0.1) is 11.7 Å². The van der Waals surface area contributed by atoms with E-state index in [0.29, 0.717) is 12.0 Å². The maximum absolute atomic E-state index is 13.1. The van der Waals surface area contributed by atoms with Crippen LogP contribution in [0.5, 0.6) is 0 Å². The van der Waals surface area contributed by atoms with Crippen LogP contribution < -0.4 is 10.6 Å². The number of rotatable bonds is 5. The molecule has 0 heterocycles. The molecular weight excluding hydrogens is 327 g/mol. The lowest BCUT2D eigenvalue weighted by molar-refractivity contribution is -0.122. The Balaban J connectivity index is 2.84. The van der Waals surface area contributed by atoms with Gasteiger partial charge in [-0.25, -0.2) is 4.39 Å². The van der Waals surface area contributed by atoms with E-state index in [1.54, 1.807) is 0 Å². The number of carbonyl (C=O) groups is 2. The zero-order chi connectivity index (χ0) is 15.3. The number of hydrogen-bond acceptors (Lipinski definition) is 2. The Morgan fingerprint density at radius 1 is 1.35 bits per heavy atom. The minimum atomic E-state index is -0.601. The lowest BCUT2D eigenvalue weighted by Gasteiger charge is -2.19. The van der Waals surface area contributed by atoms with Crippen molar-refractivity contribution in [2.75, 3.05) is 7.05 Å². The van der Waals surface area contributed by atoms with Crippen LogP contribution in [-0.4, -0.2) is 24.9 Å². The minimum Gasteiger partial charge on any atom is -0.357 e. The van der Waals surface area contributed by atoms with Crippen molar-refractivity contribution < 1.29 is 14.0 Å². The summed E-state index contributed by atoms with van der Waals surface area (Å²) < 4.78 is 13.4. The Labute approximate surface area is 126 Å². The normalized spacial score (nSPS) is 12.1. The topological polar surface area (TPSA) is 58.2 Å². The van der Waals surface area contributed by atoms with Gasteiger partial charge in [0.1, 0.15) is 11.9 Å². The molecule has 0 fully saturated rings. The summed E-state index contributed by atoms with van der Waals surface area (Å²) in [5.41, 5.74) is 0.302. The van der Waals surface area contributed by atoms with Gasteiger partial charge in [-0.3, -0.25) is 9.59 Å². The number of halogens is 2. The Morgan fingerprint density at radius 2 is 2.00 bits per heavy atom. The van der Waals surface area contributed by atoms with Crippen molar-refractivity contribution >= 4 is 27.7 Å². The molecule has 0 aromatic heterocycles. The van der Waals surface area contributed by atoms with Gasteiger partial charge < -0.3 is 10.6 Å². The highest BCUT2D eigenvalue weighted by atomic mass is 79.9. The Bertz CT molecular complexity index is 506. The number of likely N-dealkylation sites (N-methyl/N-ethyl adjacent to an activating group) is 1. The molecule has 1 rings (SSSR count). The second kappa shape index (κ2) is 7.38. The molecule has 1 aromatic carbocycles. The van der Waals surface area contributed by atoms with E-state index in [2.05, 4.69) is 26.6 Å². The molecule has 1 atom stereocenters. The van der Waals surface area contributed by atoms with Gasteiger partial charge in [-0.15, -0.1) is 0 Å². The maximum Gasteiger partial charge on any atom is 0.251 e. The summed E-state index contributed by atoms with van der Waals surface area (Å²) in [7, 11) is 1.52. The van der Waals surface area contributed by atoms with E-state index in [1.165, 1.54) is 25.2 Å². The molecule has 2 N–H and O–H groups in total. The van der Waals surface area contributed by atoms with E-state index in [1.807, 2.05) is 13.8 Å². The van der Waals surface area contributed by atoms with Crippen LogP contribution in [0.15, 0.2) is 22.7 Å². The SMILES string of the molecule is CNC(=O)C(CC(C)C)NC(=O)c1ccc(F)c(Br)c1. The molecule has 0 radical (unpaired) electrons. The first-order valence-corrected chi connectivity index (χ1v) is 7.12. The second-order valence-corrected chi connectivity index (χ2v) is 5.75. The third-order valence-corrected chi connectivity index (χ3v) is 3.36. The molecule has 110 valence electrons. The quantitative estimate of drug-likeness (QED) is 0.861. The van der Waals surface area contributed by atoms with Gasteiger partial charge in [-0.05, 0) is 46.5 Å². The molecule has 2 amide bonds. The highest BCUT2D eigenvalue weighted by Crippen LogP contribution is 2.17. The summed E-state index contributed by atoms with van der Waals surface area (Å²) in [4.78, 5) is 23.8. The summed E-state index contributed by atoms with van der Waals surface area (Å²) in [6.45, 7) is 3.94. The molecule has 1 unspecified atom stereocenters. The average Bonchev–Trinajstić information content (AvgIpc) is 2.39. The van der Waals surface area contributed by atoms with E-state index in [0.717, 1.165) is 0 Å². The predicted molar refractivity (Wildman–Crippen MR) is 78.9 cm³/mol. The first kappa shape index (κ1) is 16.6. The van der Waals surface area contributed by atoms with Crippen molar-refractivity contribution in [2.45, 2.75) is 26.3 Å². The first-order valence-electron chi connectivity index (χ1n) is 6.32. The van der Waals surface area contributed by atoms with Crippen LogP contribution in [0.1, 0.15) is 30.6 Å². The van der Waals surface area contributed by atoms with Crippen molar-refractivity contribution in [3.63, 3.8) is 0 Å². The van der Waals surface area contributed by atoms with Gasteiger partial charge in [0.05, 0.1) is 4.47 Å². The third kappa shape index (κ3) is 4.59. The van der Waals surface area contributed by atoms with Gasteiger partial charge >= 0.3 is 0 Å². The number of nitrogens with one attached hydrogen (secondary N) is 2. The molecule has 0 aliphatic heterocycles. The Hall–Kier alpha value is -1.43. The van der Waals surface area contributed by atoms with Crippen LogP contribution >= 0.6 is 15.9 Å². The van der Waals surface area contributed by atoms with E-state index in [4.69, 9.17) is 0 Å². The predicted octanol–water partition coefficient (Wildman–Crippen LogP) is 2.48. The second-order valence-electron chi connectivity index (χ2n) is 4.90. The molecule has 0 bridgehead atoms. The monoisotopic (exact) mass is 344 g/mol. The zero-order valence-corrected chi connectivity index (χ0v) is 13.3. The number of carbonyl (C=O) groups excluding carboxylic acids is 2. The van der Waals surface area contributed by atoms with Gasteiger partial charge in [0, 0.05) is 12.6 Å². The Morgan fingerprint density at radius 3 is 2.50 bits per heavy atom. The summed E-state index contributed by atoms with van der Waals surface area (Å²) in [6.07, 6.45) is 0.535. The molecule has 0 aliphatic rings. The summed E-state index contributed by atoms with van der Waals surface area (Å²) in [5, 5.41) is 5.19. The van der Waals surface area contributed by atoms with Gasteiger partial charge in [0.2, 0.25) is 5.91 Å². The first-order chi connectivity index (χ1) is 9.35. The smallest absolute Gasteiger partial charge is 0.251 e. The fraction of sp³-hybridized carbons (Fsp3) is 0.429. The van der Waals surface area contributed by atoms with Gasteiger partial charge in [0.15, 0.2) is 0 Å². The van der Waals surface area contributed by atoms with Crippen LogP contribution in [0.4, 0.5) is 4.39 Å². The molecule has 0 saturated carbocycles. The molecule has 4 nitrogen and oxygen atoms in total. The third-order valence-electron chi connectivity index (χ3n) is 2.76. The van der Waals surface area contributed by atoms with E-state index < -0.39 is 17.8 Å². The fourth-order valence-electron chi connectivity index (χ4n) is 1.76. The molecule has 1 aromatic rings. The fourth-order valence-corrected chi connectivity index (χ4v) is 2.13. The maximum atomic E-state index is 13.1. The average molecular weight is 345 g/mol.